The lowest BCUT2D eigenvalue weighted by Crippen LogP contribution is -2.14. The summed E-state index contributed by atoms with van der Waals surface area (Å²) in [5.41, 5.74) is 7.00. The maximum absolute atomic E-state index is 8.67. The molecule has 0 spiro atoms. The molecule has 0 fully saturated rings. The van der Waals surface area contributed by atoms with Gasteiger partial charge in [0.2, 0.25) is 0 Å². The van der Waals surface area contributed by atoms with Gasteiger partial charge < -0.3 is 20.4 Å². The molecule has 2 rings (SSSR count). The number of pyridine rings is 1. The highest BCUT2D eigenvalue weighted by Gasteiger charge is 2.08. The Hall–Kier alpha value is -2.76. The van der Waals surface area contributed by atoms with Crippen molar-refractivity contribution in [2.45, 2.75) is 13.3 Å². The highest BCUT2D eigenvalue weighted by atomic mass is 16.5. The number of methoxy groups -OCH3 is 1. The molecule has 6 heteroatoms. The molecule has 1 aromatic carbocycles. The van der Waals surface area contributed by atoms with Crippen molar-refractivity contribution in [3.63, 3.8) is 0 Å². The largest absolute Gasteiger partial charge is 0.493 e. The molecule has 0 bridgehead atoms. The topological polar surface area (TPSA) is 90.0 Å². The van der Waals surface area contributed by atoms with Crippen LogP contribution in [0.5, 0.6) is 17.2 Å². The molecule has 6 nitrogen and oxygen atoms in total. The van der Waals surface area contributed by atoms with Gasteiger partial charge in [-0.15, -0.1) is 0 Å². The van der Waals surface area contributed by atoms with Crippen molar-refractivity contribution in [2.24, 2.45) is 10.9 Å². The van der Waals surface area contributed by atoms with Gasteiger partial charge in [0.15, 0.2) is 17.3 Å². The number of rotatable bonds is 5. The minimum Gasteiger partial charge on any atom is -0.493 e. The highest BCUT2D eigenvalue weighted by Crippen LogP contribution is 2.32. The van der Waals surface area contributed by atoms with Gasteiger partial charge in [0, 0.05) is 12.3 Å². The predicted octanol–water partition coefficient (Wildman–Crippen LogP) is 2.54. The molecule has 3 N–H and O–H groups in total. The van der Waals surface area contributed by atoms with Crippen LogP contribution in [0.3, 0.4) is 0 Å². The van der Waals surface area contributed by atoms with E-state index in [4.69, 9.17) is 20.4 Å². The summed E-state index contributed by atoms with van der Waals surface area (Å²) in [4.78, 5) is 3.99. The molecule has 0 aliphatic heterocycles. The monoisotopic (exact) mass is 287 g/mol. The first kappa shape index (κ1) is 14.6. The van der Waals surface area contributed by atoms with Crippen LogP contribution in [0.15, 0.2) is 41.7 Å². The Bertz CT molecular complexity index is 656. The van der Waals surface area contributed by atoms with Gasteiger partial charge in [0.1, 0.15) is 11.4 Å². The number of nitrogens with two attached hydrogens (primary N) is 1. The third kappa shape index (κ3) is 3.42. The van der Waals surface area contributed by atoms with E-state index in [1.54, 1.807) is 19.2 Å². The van der Waals surface area contributed by atoms with Crippen molar-refractivity contribution in [3.8, 4) is 17.2 Å². The zero-order chi connectivity index (χ0) is 15.2. The fourth-order valence-corrected chi connectivity index (χ4v) is 1.81. The molecule has 2 aromatic rings. The minimum absolute atomic E-state index is 0.0752. The molecule has 0 radical (unpaired) electrons. The van der Waals surface area contributed by atoms with E-state index >= 15 is 0 Å². The van der Waals surface area contributed by atoms with E-state index in [2.05, 4.69) is 17.1 Å². The molecule has 21 heavy (non-hydrogen) atoms. The average molecular weight is 287 g/mol. The Morgan fingerprint density at radius 3 is 2.76 bits per heavy atom. The number of amidine groups is 1. The lowest BCUT2D eigenvalue weighted by atomic mass is 10.1. The molecule has 0 aliphatic carbocycles. The van der Waals surface area contributed by atoms with E-state index < -0.39 is 0 Å². The van der Waals surface area contributed by atoms with E-state index in [0.717, 1.165) is 12.0 Å². The van der Waals surface area contributed by atoms with Gasteiger partial charge in [-0.05, 0) is 30.2 Å². The van der Waals surface area contributed by atoms with Crippen LogP contribution in [0, 0.1) is 0 Å². The number of oxime groups is 1. The van der Waals surface area contributed by atoms with Gasteiger partial charge in [0.25, 0.3) is 0 Å². The zero-order valence-corrected chi connectivity index (χ0v) is 11.9. The van der Waals surface area contributed by atoms with Crippen LogP contribution in [0.4, 0.5) is 0 Å². The third-order valence-electron chi connectivity index (χ3n) is 2.97. The summed E-state index contributed by atoms with van der Waals surface area (Å²) < 4.78 is 11.1. The lowest BCUT2D eigenvalue weighted by Gasteiger charge is -2.12. The van der Waals surface area contributed by atoms with E-state index in [1.165, 1.54) is 6.20 Å². The summed E-state index contributed by atoms with van der Waals surface area (Å²) in [6.07, 6.45) is 2.44. The number of hydrogen-bond acceptors (Lipinski definition) is 5. The smallest absolute Gasteiger partial charge is 0.188 e. The van der Waals surface area contributed by atoms with Gasteiger partial charge in [-0.25, -0.2) is 0 Å². The third-order valence-corrected chi connectivity index (χ3v) is 2.97. The quantitative estimate of drug-likeness (QED) is 0.382. The van der Waals surface area contributed by atoms with Gasteiger partial charge in [-0.2, -0.15) is 0 Å². The molecule has 1 aromatic heterocycles. The SMILES string of the molecule is CCc1ccc(Oc2ccnc(/C(N)=N/O)c2)c(OC)c1. The van der Waals surface area contributed by atoms with Gasteiger partial charge in [0.05, 0.1) is 7.11 Å². The van der Waals surface area contributed by atoms with Crippen LogP contribution < -0.4 is 15.2 Å². The first-order valence-electron chi connectivity index (χ1n) is 6.46. The fourth-order valence-electron chi connectivity index (χ4n) is 1.81. The number of aryl methyl sites for hydroxylation is 1. The van der Waals surface area contributed by atoms with Crippen molar-refractivity contribution in [1.29, 1.82) is 0 Å². The molecule has 110 valence electrons. The van der Waals surface area contributed by atoms with Gasteiger partial charge in [-0.3, -0.25) is 4.98 Å². The normalized spacial score (nSPS) is 11.2. The van der Waals surface area contributed by atoms with Crippen molar-refractivity contribution >= 4 is 5.84 Å². The van der Waals surface area contributed by atoms with E-state index in [0.29, 0.717) is 22.9 Å². The van der Waals surface area contributed by atoms with E-state index in [1.807, 2.05) is 18.2 Å². The maximum atomic E-state index is 8.67. The fraction of sp³-hybridized carbons (Fsp3) is 0.200. The second kappa shape index (κ2) is 6.60. The average Bonchev–Trinajstić information content (AvgIpc) is 2.54. The summed E-state index contributed by atoms with van der Waals surface area (Å²) in [7, 11) is 1.59. The van der Waals surface area contributed by atoms with Crippen molar-refractivity contribution < 1.29 is 14.7 Å². The second-order valence-corrected chi connectivity index (χ2v) is 4.30. The standard InChI is InChI=1S/C15H17N3O3/c1-3-10-4-5-13(14(8-10)20-2)21-11-6-7-17-12(9-11)15(16)18-19/h4-9,19H,3H2,1-2H3,(H2,16,18). The Kier molecular flexibility index (Phi) is 4.61. The second-order valence-electron chi connectivity index (χ2n) is 4.30. The van der Waals surface area contributed by atoms with Crippen molar-refractivity contribution in [2.75, 3.05) is 7.11 Å². The van der Waals surface area contributed by atoms with Crippen LogP contribution in [-0.4, -0.2) is 23.1 Å². The highest BCUT2D eigenvalue weighted by molar-refractivity contribution is 5.95. The van der Waals surface area contributed by atoms with Gasteiger partial charge in [-0.1, -0.05) is 18.1 Å². The Morgan fingerprint density at radius 2 is 2.10 bits per heavy atom. The Morgan fingerprint density at radius 1 is 1.29 bits per heavy atom. The molecule has 0 aliphatic rings. The number of hydrogen-bond donors (Lipinski definition) is 2. The zero-order valence-electron chi connectivity index (χ0n) is 11.9. The Balaban J connectivity index is 2.30. The molecule has 0 saturated heterocycles. The number of benzene rings is 1. The summed E-state index contributed by atoms with van der Waals surface area (Å²) in [5, 5.41) is 11.6. The summed E-state index contributed by atoms with van der Waals surface area (Å²) in [5.74, 6) is 1.69. The number of nitrogens with zero attached hydrogens (tertiary/aromatic N) is 2. The van der Waals surface area contributed by atoms with Crippen LogP contribution in [0.25, 0.3) is 0 Å². The predicted molar refractivity (Wildman–Crippen MR) is 79.2 cm³/mol. The van der Waals surface area contributed by atoms with Crippen LogP contribution in [0.2, 0.25) is 0 Å². The number of ether oxygens (including phenoxy) is 2. The maximum Gasteiger partial charge on any atom is 0.188 e. The lowest BCUT2D eigenvalue weighted by molar-refractivity contribution is 0.318. The van der Waals surface area contributed by atoms with Crippen molar-refractivity contribution in [3.05, 3.63) is 47.8 Å². The summed E-state index contributed by atoms with van der Waals surface area (Å²) in [6, 6.07) is 9.02. The van der Waals surface area contributed by atoms with Crippen LogP contribution >= 0.6 is 0 Å². The van der Waals surface area contributed by atoms with Crippen LogP contribution in [0.1, 0.15) is 18.2 Å². The summed E-state index contributed by atoms with van der Waals surface area (Å²) in [6.45, 7) is 2.07. The summed E-state index contributed by atoms with van der Waals surface area (Å²) >= 11 is 0. The molecule has 1 heterocycles. The molecule has 0 saturated carbocycles. The first-order chi connectivity index (χ1) is 10.2. The molecule has 0 atom stereocenters. The molecular formula is C15H17N3O3. The molecular weight excluding hydrogens is 270 g/mol. The van der Waals surface area contributed by atoms with Crippen LogP contribution in [-0.2, 0) is 6.42 Å². The first-order valence-corrected chi connectivity index (χ1v) is 6.46. The van der Waals surface area contributed by atoms with E-state index in [-0.39, 0.29) is 5.84 Å². The minimum atomic E-state index is -0.0752. The van der Waals surface area contributed by atoms with Gasteiger partial charge >= 0.3 is 0 Å². The molecule has 0 unspecified atom stereocenters. The molecule has 0 amide bonds. The van der Waals surface area contributed by atoms with E-state index in [9.17, 15) is 0 Å². The Labute approximate surface area is 122 Å². The van der Waals surface area contributed by atoms with Crippen molar-refractivity contribution in [1.82, 2.24) is 4.98 Å². The number of aromatic nitrogens is 1.